The smallest absolute Gasteiger partial charge is 0.116 e. The SMILES string of the molecule is CC.Oc1ccc2sc3ccc(-c4c5c(c(-c6cccc(-c7ccccc7)c6)c6ccccc46)CCC=C5)cc3c2c1. The van der Waals surface area contributed by atoms with E-state index in [-0.39, 0.29) is 0 Å². The minimum Gasteiger partial charge on any atom is -0.508 e. The maximum absolute atomic E-state index is 10.2. The summed E-state index contributed by atoms with van der Waals surface area (Å²) in [5, 5.41) is 15.1. The predicted molar refractivity (Wildman–Crippen MR) is 184 cm³/mol. The van der Waals surface area contributed by atoms with Crippen LogP contribution in [0.1, 0.15) is 31.4 Å². The molecule has 1 aliphatic rings. The number of allylic oxidation sites excluding steroid dienone is 1. The Bertz CT molecular complexity index is 2110. The van der Waals surface area contributed by atoms with Gasteiger partial charge in [0.1, 0.15) is 5.75 Å². The first-order valence-electron chi connectivity index (χ1n) is 14.8. The molecular weight excluding hydrogens is 529 g/mol. The number of hydrogen-bond acceptors (Lipinski definition) is 2. The summed E-state index contributed by atoms with van der Waals surface area (Å²) in [5.74, 6) is 0.311. The van der Waals surface area contributed by atoms with Crippen LogP contribution in [0, 0.1) is 0 Å². The molecule has 0 aliphatic heterocycles. The van der Waals surface area contributed by atoms with Gasteiger partial charge in [0.15, 0.2) is 0 Å². The van der Waals surface area contributed by atoms with Gasteiger partial charge in [-0.3, -0.25) is 0 Å². The summed E-state index contributed by atoms with van der Waals surface area (Å²) in [6.45, 7) is 4.00. The quantitative estimate of drug-likeness (QED) is 0.228. The first kappa shape index (κ1) is 26.3. The van der Waals surface area contributed by atoms with Crippen molar-refractivity contribution in [3.8, 4) is 39.1 Å². The summed E-state index contributed by atoms with van der Waals surface area (Å²) >= 11 is 1.78. The Kier molecular flexibility index (Phi) is 6.85. The third-order valence-corrected chi connectivity index (χ3v) is 9.36. The Labute approximate surface area is 251 Å². The molecule has 6 aromatic carbocycles. The lowest BCUT2D eigenvalue weighted by Crippen LogP contribution is -2.02. The van der Waals surface area contributed by atoms with Crippen LogP contribution in [0.2, 0.25) is 0 Å². The fraction of sp³-hybridized carbons (Fsp3) is 0.100. The van der Waals surface area contributed by atoms with E-state index in [1.807, 2.05) is 26.0 Å². The number of aromatic hydroxyl groups is 1. The van der Waals surface area contributed by atoms with Gasteiger partial charge in [-0.25, -0.2) is 0 Å². The molecule has 7 aromatic rings. The number of thiophene rings is 1. The lowest BCUT2D eigenvalue weighted by atomic mass is 9.80. The average Bonchev–Trinajstić information content (AvgIpc) is 3.42. The van der Waals surface area contributed by atoms with Crippen LogP contribution < -0.4 is 0 Å². The highest BCUT2D eigenvalue weighted by molar-refractivity contribution is 7.25. The molecule has 0 unspecified atom stereocenters. The van der Waals surface area contributed by atoms with E-state index in [4.69, 9.17) is 0 Å². The molecule has 1 nitrogen and oxygen atoms in total. The topological polar surface area (TPSA) is 20.2 Å². The molecule has 2 heteroatoms. The third-order valence-electron chi connectivity index (χ3n) is 8.21. The van der Waals surface area contributed by atoms with E-state index >= 15 is 0 Å². The zero-order valence-corrected chi connectivity index (χ0v) is 24.7. The fourth-order valence-electron chi connectivity index (χ4n) is 6.43. The van der Waals surface area contributed by atoms with Crippen LogP contribution in [0.5, 0.6) is 5.75 Å². The monoisotopic (exact) mass is 560 g/mol. The molecule has 1 aliphatic carbocycles. The average molecular weight is 561 g/mol. The van der Waals surface area contributed by atoms with Crippen LogP contribution in [0.25, 0.3) is 70.4 Å². The van der Waals surface area contributed by atoms with Crippen molar-refractivity contribution >= 4 is 48.4 Å². The van der Waals surface area contributed by atoms with Crippen LogP contribution in [0.3, 0.4) is 0 Å². The molecule has 204 valence electrons. The summed E-state index contributed by atoms with van der Waals surface area (Å²) in [7, 11) is 0. The van der Waals surface area contributed by atoms with Crippen molar-refractivity contribution in [1.82, 2.24) is 0 Å². The summed E-state index contributed by atoms with van der Waals surface area (Å²) in [5.41, 5.74) is 10.4. The molecule has 8 rings (SSSR count). The first-order valence-corrected chi connectivity index (χ1v) is 15.6. The van der Waals surface area contributed by atoms with E-state index in [1.54, 1.807) is 17.4 Å². The maximum Gasteiger partial charge on any atom is 0.116 e. The highest BCUT2D eigenvalue weighted by Crippen LogP contribution is 2.46. The van der Waals surface area contributed by atoms with Crippen LogP contribution in [0.15, 0.2) is 121 Å². The largest absolute Gasteiger partial charge is 0.508 e. The van der Waals surface area contributed by atoms with Gasteiger partial charge in [0, 0.05) is 20.2 Å². The molecule has 0 bridgehead atoms. The van der Waals surface area contributed by atoms with E-state index in [0.29, 0.717) is 5.75 Å². The van der Waals surface area contributed by atoms with Crippen molar-refractivity contribution in [2.75, 3.05) is 0 Å². The van der Waals surface area contributed by atoms with Gasteiger partial charge in [0.05, 0.1) is 0 Å². The number of rotatable bonds is 3. The van der Waals surface area contributed by atoms with Gasteiger partial charge in [-0.1, -0.05) is 105 Å². The van der Waals surface area contributed by atoms with Crippen molar-refractivity contribution in [3.05, 3.63) is 132 Å². The second-order valence-corrected chi connectivity index (χ2v) is 11.7. The Morgan fingerprint density at radius 1 is 0.548 bits per heavy atom. The minimum absolute atomic E-state index is 0.311. The van der Waals surface area contributed by atoms with Gasteiger partial charge < -0.3 is 5.11 Å². The van der Waals surface area contributed by atoms with Crippen molar-refractivity contribution < 1.29 is 5.11 Å². The molecule has 1 heterocycles. The molecule has 0 spiro atoms. The van der Waals surface area contributed by atoms with Gasteiger partial charge in [0.2, 0.25) is 0 Å². The number of hydrogen-bond donors (Lipinski definition) is 1. The van der Waals surface area contributed by atoms with Gasteiger partial charge in [0.25, 0.3) is 0 Å². The van der Waals surface area contributed by atoms with E-state index in [2.05, 4.69) is 109 Å². The Morgan fingerprint density at radius 3 is 2.00 bits per heavy atom. The van der Waals surface area contributed by atoms with Crippen molar-refractivity contribution in [1.29, 1.82) is 0 Å². The second kappa shape index (κ2) is 11.0. The van der Waals surface area contributed by atoms with E-state index in [0.717, 1.165) is 18.2 Å². The maximum atomic E-state index is 10.2. The number of fused-ring (bicyclic) bond motifs is 5. The van der Waals surface area contributed by atoms with Gasteiger partial charge in [-0.05, 0) is 105 Å². The lowest BCUT2D eigenvalue weighted by molar-refractivity contribution is 0.476. The standard InChI is InChI=1S/C38H26OS.C2H6/c39-28-18-20-36-34(23-28)33-22-27(17-19-35(33)40-36)38-31-15-6-4-13-29(31)37(30-14-5-7-16-32(30)38)26-12-8-11-25(21-26)24-9-2-1-3-10-24;1-2/h1-4,6-13,15-23,39H,5,14H2;1-2H3. The summed E-state index contributed by atoms with van der Waals surface area (Å²) in [6.07, 6.45) is 6.73. The molecule has 0 radical (unpaired) electrons. The second-order valence-electron chi connectivity index (χ2n) is 10.6. The predicted octanol–water partition coefficient (Wildman–Crippen LogP) is 11.9. The van der Waals surface area contributed by atoms with Crippen molar-refractivity contribution in [2.45, 2.75) is 26.7 Å². The van der Waals surface area contributed by atoms with Crippen molar-refractivity contribution in [2.24, 2.45) is 0 Å². The highest BCUT2D eigenvalue weighted by Gasteiger charge is 2.22. The third kappa shape index (κ3) is 4.40. The Hall–Kier alpha value is -4.66. The van der Waals surface area contributed by atoms with Crippen LogP contribution in [0.4, 0.5) is 0 Å². The molecule has 1 N–H and O–H groups in total. The molecule has 0 saturated carbocycles. The van der Waals surface area contributed by atoms with Crippen LogP contribution in [-0.4, -0.2) is 5.11 Å². The number of phenolic OH excluding ortho intramolecular Hbond substituents is 1. The normalized spacial score (nSPS) is 12.3. The Balaban J connectivity index is 0.00000141. The summed E-state index contributed by atoms with van der Waals surface area (Å²) < 4.78 is 2.44. The molecule has 0 amide bonds. The molecular formula is C40H32OS. The minimum atomic E-state index is 0.311. The molecule has 1 aromatic heterocycles. The van der Waals surface area contributed by atoms with E-state index in [9.17, 15) is 5.11 Å². The summed E-state index contributed by atoms with van der Waals surface area (Å²) in [4.78, 5) is 0. The van der Waals surface area contributed by atoms with Gasteiger partial charge in [-0.15, -0.1) is 11.3 Å². The van der Waals surface area contributed by atoms with E-state index < -0.39 is 0 Å². The zero-order chi connectivity index (χ0) is 28.6. The molecule has 0 fully saturated rings. The van der Waals surface area contributed by atoms with Crippen LogP contribution in [-0.2, 0) is 6.42 Å². The Morgan fingerprint density at radius 2 is 1.19 bits per heavy atom. The molecule has 0 atom stereocenters. The number of phenols is 1. The zero-order valence-electron chi connectivity index (χ0n) is 23.9. The highest BCUT2D eigenvalue weighted by atomic mass is 32.1. The van der Waals surface area contributed by atoms with Crippen molar-refractivity contribution in [3.63, 3.8) is 0 Å². The van der Waals surface area contributed by atoms with Crippen LogP contribution >= 0.6 is 11.3 Å². The first-order chi connectivity index (χ1) is 20.7. The summed E-state index contributed by atoms with van der Waals surface area (Å²) in [6, 6.07) is 41.1. The molecule has 42 heavy (non-hydrogen) atoms. The molecule has 0 saturated heterocycles. The lowest BCUT2D eigenvalue weighted by Gasteiger charge is -2.24. The van der Waals surface area contributed by atoms with Gasteiger partial charge >= 0.3 is 0 Å². The number of benzene rings is 6. The fourth-order valence-corrected chi connectivity index (χ4v) is 7.50. The van der Waals surface area contributed by atoms with E-state index in [1.165, 1.54) is 70.1 Å². The van der Waals surface area contributed by atoms with Gasteiger partial charge in [-0.2, -0.15) is 0 Å².